The second-order valence-corrected chi connectivity index (χ2v) is 7.61. The van der Waals surface area contributed by atoms with E-state index >= 15 is 0 Å². The summed E-state index contributed by atoms with van der Waals surface area (Å²) < 4.78 is 16.8. The van der Waals surface area contributed by atoms with E-state index < -0.39 is 11.9 Å². The van der Waals surface area contributed by atoms with Gasteiger partial charge in [-0.3, -0.25) is 4.79 Å². The van der Waals surface area contributed by atoms with E-state index in [1.807, 2.05) is 13.0 Å². The Kier molecular flexibility index (Phi) is 7.99. The van der Waals surface area contributed by atoms with Gasteiger partial charge >= 0.3 is 5.97 Å². The van der Waals surface area contributed by atoms with Crippen molar-refractivity contribution in [3.63, 3.8) is 0 Å². The van der Waals surface area contributed by atoms with Gasteiger partial charge in [0.05, 0.1) is 18.9 Å². The van der Waals surface area contributed by atoms with Crippen molar-refractivity contribution in [1.82, 2.24) is 5.43 Å². The fourth-order valence-corrected chi connectivity index (χ4v) is 3.05. The van der Waals surface area contributed by atoms with E-state index in [1.54, 1.807) is 67.8 Å². The molecule has 0 radical (unpaired) electrons. The lowest BCUT2D eigenvalue weighted by molar-refractivity contribution is -0.123. The highest BCUT2D eigenvalue weighted by Gasteiger charge is 2.12. The molecular formula is C24H21BrN2O5. The van der Waals surface area contributed by atoms with Crippen molar-refractivity contribution in [2.24, 2.45) is 5.10 Å². The van der Waals surface area contributed by atoms with Crippen molar-refractivity contribution in [2.45, 2.75) is 6.92 Å². The van der Waals surface area contributed by atoms with E-state index in [1.165, 1.54) is 6.21 Å². The maximum Gasteiger partial charge on any atom is 0.343 e. The van der Waals surface area contributed by atoms with Crippen LogP contribution in [0.15, 0.2) is 76.3 Å². The lowest BCUT2D eigenvalue weighted by atomic mass is 10.1. The molecule has 0 saturated carbocycles. The van der Waals surface area contributed by atoms with Crippen LogP contribution in [0.2, 0.25) is 0 Å². The number of methoxy groups -OCH3 is 1. The number of nitrogens with one attached hydrogen (secondary N) is 1. The van der Waals surface area contributed by atoms with Crippen molar-refractivity contribution in [2.75, 3.05) is 13.7 Å². The van der Waals surface area contributed by atoms with Crippen LogP contribution in [-0.4, -0.2) is 31.8 Å². The average molecular weight is 497 g/mol. The van der Waals surface area contributed by atoms with E-state index in [-0.39, 0.29) is 6.61 Å². The molecule has 0 spiro atoms. The van der Waals surface area contributed by atoms with E-state index in [0.717, 1.165) is 10.0 Å². The van der Waals surface area contributed by atoms with Gasteiger partial charge in [-0.2, -0.15) is 5.10 Å². The van der Waals surface area contributed by atoms with Crippen molar-refractivity contribution in [1.29, 1.82) is 0 Å². The van der Waals surface area contributed by atoms with Crippen LogP contribution in [0, 0.1) is 6.92 Å². The van der Waals surface area contributed by atoms with Gasteiger partial charge in [0, 0.05) is 10.0 Å². The molecule has 3 aromatic carbocycles. The first kappa shape index (κ1) is 23.0. The number of esters is 1. The lowest BCUT2D eigenvalue weighted by Gasteiger charge is -2.09. The highest BCUT2D eigenvalue weighted by atomic mass is 79.9. The summed E-state index contributed by atoms with van der Waals surface area (Å²) in [6.07, 6.45) is 1.40. The molecule has 0 bridgehead atoms. The topological polar surface area (TPSA) is 86.2 Å². The molecule has 3 rings (SSSR count). The molecule has 164 valence electrons. The SMILES string of the molecule is COc1ccc(OCC(=O)NN=Cc2cc(Br)ccc2OC(=O)c2cccc(C)c2)cc1. The number of nitrogens with zero attached hydrogens (tertiary/aromatic N) is 1. The summed E-state index contributed by atoms with van der Waals surface area (Å²) in [7, 11) is 1.57. The molecule has 1 amide bonds. The highest BCUT2D eigenvalue weighted by Crippen LogP contribution is 2.23. The van der Waals surface area contributed by atoms with Gasteiger partial charge < -0.3 is 14.2 Å². The van der Waals surface area contributed by atoms with Gasteiger partial charge in [0.15, 0.2) is 6.61 Å². The molecular weight excluding hydrogens is 476 g/mol. The second-order valence-electron chi connectivity index (χ2n) is 6.70. The number of benzene rings is 3. The van der Waals surface area contributed by atoms with Crippen LogP contribution < -0.4 is 19.6 Å². The minimum absolute atomic E-state index is 0.211. The molecule has 0 aliphatic rings. The fraction of sp³-hybridized carbons (Fsp3) is 0.125. The Morgan fingerprint density at radius 3 is 2.50 bits per heavy atom. The Morgan fingerprint density at radius 2 is 1.78 bits per heavy atom. The molecule has 0 aliphatic heterocycles. The van der Waals surface area contributed by atoms with Gasteiger partial charge in [-0.05, 0) is 61.5 Å². The zero-order chi connectivity index (χ0) is 22.9. The molecule has 1 N–H and O–H groups in total. The molecule has 0 fully saturated rings. The third-order valence-electron chi connectivity index (χ3n) is 4.25. The first-order chi connectivity index (χ1) is 15.4. The number of amides is 1. The first-order valence-corrected chi connectivity index (χ1v) is 10.4. The van der Waals surface area contributed by atoms with Crippen LogP contribution in [0.1, 0.15) is 21.5 Å². The van der Waals surface area contributed by atoms with Gasteiger partial charge in [0.25, 0.3) is 5.91 Å². The van der Waals surface area contributed by atoms with Gasteiger partial charge in [-0.15, -0.1) is 0 Å². The van der Waals surface area contributed by atoms with Crippen LogP contribution in [0.25, 0.3) is 0 Å². The predicted octanol–water partition coefficient (Wildman–Crippen LogP) is 4.51. The maximum absolute atomic E-state index is 12.5. The van der Waals surface area contributed by atoms with Crippen LogP contribution in [0.3, 0.4) is 0 Å². The van der Waals surface area contributed by atoms with E-state index in [9.17, 15) is 9.59 Å². The summed E-state index contributed by atoms with van der Waals surface area (Å²) >= 11 is 3.38. The minimum atomic E-state index is -0.484. The number of carbonyl (C=O) groups is 2. The number of hydrogen-bond donors (Lipinski definition) is 1. The Bertz CT molecular complexity index is 1130. The van der Waals surface area contributed by atoms with Crippen LogP contribution in [0.4, 0.5) is 0 Å². The van der Waals surface area contributed by atoms with Gasteiger partial charge in [-0.25, -0.2) is 10.2 Å². The molecule has 0 atom stereocenters. The Hall–Kier alpha value is -3.65. The smallest absolute Gasteiger partial charge is 0.343 e. The van der Waals surface area contributed by atoms with E-state index in [4.69, 9.17) is 14.2 Å². The molecule has 3 aromatic rings. The molecule has 0 unspecified atom stereocenters. The molecule has 7 nitrogen and oxygen atoms in total. The zero-order valence-electron chi connectivity index (χ0n) is 17.5. The summed E-state index contributed by atoms with van der Waals surface area (Å²) in [6.45, 7) is 1.69. The quantitative estimate of drug-likeness (QED) is 0.214. The van der Waals surface area contributed by atoms with Crippen LogP contribution >= 0.6 is 15.9 Å². The number of hydrazone groups is 1. The Morgan fingerprint density at radius 1 is 1.03 bits per heavy atom. The summed E-state index contributed by atoms with van der Waals surface area (Å²) in [5, 5.41) is 3.94. The summed E-state index contributed by atoms with van der Waals surface area (Å²) in [5.74, 6) is 0.613. The molecule has 0 heterocycles. The van der Waals surface area contributed by atoms with Crippen molar-refractivity contribution >= 4 is 34.0 Å². The Labute approximate surface area is 194 Å². The number of rotatable bonds is 8. The lowest BCUT2D eigenvalue weighted by Crippen LogP contribution is -2.24. The molecule has 32 heavy (non-hydrogen) atoms. The number of ether oxygens (including phenoxy) is 3. The predicted molar refractivity (Wildman–Crippen MR) is 125 cm³/mol. The van der Waals surface area contributed by atoms with Crippen LogP contribution in [0.5, 0.6) is 17.2 Å². The zero-order valence-corrected chi connectivity index (χ0v) is 19.1. The fourth-order valence-electron chi connectivity index (χ4n) is 2.67. The first-order valence-electron chi connectivity index (χ1n) is 9.62. The molecule has 8 heteroatoms. The third-order valence-corrected chi connectivity index (χ3v) is 4.74. The number of halogens is 1. The van der Waals surface area contributed by atoms with Gasteiger partial charge in [0.1, 0.15) is 17.2 Å². The van der Waals surface area contributed by atoms with Crippen LogP contribution in [-0.2, 0) is 4.79 Å². The number of hydrogen-bond acceptors (Lipinski definition) is 6. The van der Waals surface area contributed by atoms with Gasteiger partial charge in [0.2, 0.25) is 0 Å². The maximum atomic E-state index is 12.5. The largest absolute Gasteiger partial charge is 0.497 e. The third kappa shape index (κ3) is 6.68. The monoisotopic (exact) mass is 496 g/mol. The summed E-state index contributed by atoms with van der Waals surface area (Å²) in [4.78, 5) is 24.5. The molecule has 0 aromatic heterocycles. The average Bonchev–Trinajstić information content (AvgIpc) is 2.79. The Balaban J connectivity index is 1.60. The molecule has 0 saturated heterocycles. The minimum Gasteiger partial charge on any atom is -0.497 e. The number of carbonyl (C=O) groups excluding carboxylic acids is 2. The van der Waals surface area contributed by atoms with Crippen molar-refractivity contribution in [3.8, 4) is 17.2 Å². The van der Waals surface area contributed by atoms with E-state index in [0.29, 0.717) is 28.4 Å². The number of aryl methyl sites for hydroxylation is 1. The summed E-state index contributed by atoms with van der Waals surface area (Å²) in [5.41, 5.74) is 4.30. The van der Waals surface area contributed by atoms with Crippen molar-refractivity contribution in [3.05, 3.63) is 87.9 Å². The summed E-state index contributed by atoms with van der Waals surface area (Å²) in [6, 6.07) is 19.1. The van der Waals surface area contributed by atoms with Gasteiger partial charge in [-0.1, -0.05) is 33.6 Å². The standard InChI is InChI=1S/C24H21BrN2O5/c1-16-4-3-5-17(12-16)24(29)32-22-11-6-19(25)13-18(22)14-26-27-23(28)15-31-21-9-7-20(30-2)8-10-21/h3-14H,15H2,1-2H3,(H,27,28). The second kappa shape index (κ2) is 11.1. The molecule has 0 aliphatic carbocycles. The van der Waals surface area contributed by atoms with Crippen molar-refractivity contribution < 1.29 is 23.8 Å². The van der Waals surface area contributed by atoms with E-state index in [2.05, 4.69) is 26.5 Å². The highest BCUT2D eigenvalue weighted by molar-refractivity contribution is 9.10. The normalized spacial score (nSPS) is 10.6.